The molecule has 4 aliphatic carbocycles. The number of ether oxygens (including phenoxy) is 2. The summed E-state index contributed by atoms with van der Waals surface area (Å²) in [6.45, 7) is 0. The number of allylic oxidation sites excluding steroid dienone is 4. The highest BCUT2D eigenvalue weighted by Crippen LogP contribution is 2.67. The molecule has 5 aliphatic rings. The van der Waals surface area contributed by atoms with Crippen molar-refractivity contribution in [2.45, 2.75) is 23.2 Å². The van der Waals surface area contributed by atoms with Gasteiger partial charge in [-0.15, -0.1) is 0 Å². The van der Waals surface area contributed by atoms with Crippen LogP contribution in [0.5, 0.6) is 23.0 Å². The molecule has 0 bridgehead atoms. The summed E-state index contributed by atoms with van der Waals surface area (Å²) in [6, 6.07) is 84.6. The average Bonchev–Trinajstić information content (AvgIpc) is 4.05. The molecule has 0 aromatic heterocycles. The Morgan fingerprint density at radius 3 is 1.56 bits per heavy atom. The van der Waals surface area contributed by atoms with Gasteiger partial charge in [-0.3, -0.25) is 0 Å². The van der Waals surface area contributed by atoms with E-state index < -0.39 is 10.8 Å². The third kappa shape index (κ3) is 5.49. The first-order valence-corrected chi connectivity index (χ1v) is 24.8. The molecule has 0 radical (unpaired) electrons. The smallest absolute Gasteiger partial charge is 0.194 e. The molecule has 1 atom stereocenters. The van der Waals surface area contributed by atoms with Crippen LogP contribution < -0.4 is 14.4 Å². The van der Waals surface area contributed by atoms with Crippen molar-refractivity contribution in [3.05, 3.63) is 305 Å². The molecule has 0 N–H and O–H groups in total. The highest BCUT2D eigenvalue weighted by molar-refractivity contribution is 5.98. The summed E-state index contributed by atoms with van der Waals surface area (Å²) >= 11 is 0. The average molecular weight is 908 g/mol. The molecule has 0 amide bonds. The van der Waals surface area contributed by atoms with Gasteiger partial charge in [-0.25, -0.2) is 0 Å². The van der Waals surface area contributed by atoms with Gasteiger partial charge < -0.3 is 14.4 Å². The van der Waals surface area contributed by atoms with Crippen molar-refractivity contribution in [1.82, 2.24) is 0 Å². The van der Waals surface area contributed by atoms with Crippen LogP contribution in [0.15, 0.2) is 255 Å². The van der Waals surface area contributed by atoms with E-state index in [4.69, 9.17) is 9.47 Å². The van der Waals surface area contributed by atoms with Crippen LogP contribution in [0.25, 0.3) is 33.4 Å². The zero-order chi connectivity index (χ0) is 46.7. The SMILES string of the molecule is C1=CCC(c2cccc(N(c3ccc(C4(c5ccccc5)c5ccccc5-c5ccccc54)cc3)c3cccc4c3Oc3c(ccc5c3-c3ccccc3C53c5ccccc5-c5ccccc53)O4)c2)C=C1. The third-order valence-corrected chi connectivity index (χ3v) is 16.0. The molecule has 71 heavy (non-hydrogen) atoms. The fraction of sp³-hybridized carbons (Fsp3) is 0.0588. The lowest BCUT2D eigenvalue weighted by Gasteiger charge is -2.35. The van der Waals surface area contributed by atoms with Crippen LogP contribution in [0, 0.1) is 0 Å². The summed E-state index contributed by atoms with van der Waals surface area (Å²) in [4.78, 5) is 2.36. The molecule has 10 aromatic rings. The predicted octanol–water partition coefficient (Wildman–Crippen LogP) is 17.4. The van der Waals surface area contributed by atoms with E-state index >= 15 is 0 Å². The molecule has 10 aromatic carbocycles. The molecule has 0 fully saturated rings. The largest absolute Gasteiger partial charge is 0.449 e. The van der Waals surface area contributed by atoms with Crippen LogP contribution in [0.1, 0.15) is 62.4 Å². The second kappa shape index (κ2) is 15.3. The number of fused-ring (bicyclic) bond motifs is 16. The number of rotatable bonds is 6. The van der Waals surface area contributed by atoms with Crippen molar-refractivity contribution < 1.29 is 9.47 Å². The first-order valence-electron chi connectivity index (χ1n) is 24.8. The molecule has 0 saturated carbocycles. The summed E-state index contributed by atoms with van der Waals surface area (Å²) in [5, 5.41) is 0. The Morgan fingerprint density at radius 2 is 0.930 bits per heavy atom. The van der Waals surface area contributed by atoms with Crippen LogP contribution in [-0.2, 0) is 10.8 Å². The van der Waals surface area contributed by atoms with E-state index in [1.54, 1.807) is 0 Å². The Labute approximate surface area is 413 Å². The highest BCUT2D eigenvalue weighted by Gasteiger charge is 2.53. The summed E-state index contributed by atoms with van der Waals surface area (Å²) in [5.41, 5.74) is 20.6. The Morgan fingerprint density at radius 1 is 0.380 bits per heavy atom. The molecular formula is C68H45NO2. The number of para-hydroxylation sites is 1. The van der Waals surface area contributed by atoms with Crippen LogP contribution in [-0.4, -0.2) is 0 Å². The minimum atomic E-state index is -0.514. The molecule has 1 heterocycles. The van der Waals surface area contributed by atoms with Gasteiger partial charge >= 0.3 is 0 Å². The maximum Gasteiger partial charge on any atom is 0.194 e. The first-order chi connectivity index (χ1) is 35.2. The van der Waals surface area contributed by atoms with Crippen molar-refractivity contribution in [2.75, 3.05) is 4.90 Å². The fourth-order valence-electron chi connectivity index (χ4n) is 13.1. The Kier molecular flexibility index (Phi) is 8.62. The Hall–Kier alpha value is -8.92. The van der Waals surface area contributed by atoms with Crippen LogP contribution in [0.2, 0.25) is 0 Å². The van der Waals surface area contributed by atoms with Gasteiger partial charge in [0.25, 0.3) is 0 Å². The second-order valence-electron chi connectivity index (χ2n) is 19.4. The summed E-state index contributed by atoms with van der Waals surface area (Å²) < 4.78 is 14.6. The lowest BCUT2D eigenvalue weighted by Crippen LogP contribution is -2.28. The van der Waals surface area contributed by atoms with Crippen molar-refractivity contribution in [1.29, 1.82) is 0 Å². The molecule has 0 saturated heterocycles. The van der Waals surface area contributed by atoms with Crippen molar-refractivity contribution in [3.63, 3.8) is 0 Å². The fourth-order valence-corrected chi connectivity index (χ4v) is 13.1. The predicted molar refractivity (Wildman–Crippen MR) is 287 cm³/mol. The lowest BCUT2D eigenvalue weighted by atomic mass is 9.68. The molecule has 1 aliphatic heterocycles. The van der Waals surface area contributed by atoms with E-state index in [1.165, 1.54) is 72.3 Å². The molecule has 1 spiro atoms. The minimum absolute atomic E-state index is 0.273. The minimum Gasteiger partial charge on any atom is -0.449 e. The molecule has 3 nitrogen and oxygen atoms in total. The number of nitrogens with zero attached hydrogens (tertiary/aromatic N) is 1. The van der Waals surface area contributed by atoms with E-state index in [2.05, 4.69) is 254 Å². The number of benzene rings is 10. The molecule has 15 rings (SSSR count). The summed E-state index contributed by atoms with van der Waals surface area (Å²) in [6.07, 6.45) is 9.83. The third-order valence-electron chi connectivity index (χ3n) is 16.0. The number of anilines is 3. The van der Waals surface area contributed by atoms with Crippen molar-refractivity contribution in [3.8, 4) is 56.4 Å². The summed E-state index contributed by atoms with van der Waals surface area (Å²) in [7, 11) is 0. The van der Waals surface area contributed by atoms with E-state index in [0.717, 1.165) is 40.4 Å². The maximum absolute atomic E-state index is 7.53. The van der Waals surface area contributed by atoms with Gasteiger partial charge in [0.1, 0.15) is 0 Å². The van der Waals surface area contributed by atoms with Crippen molar-refractivity contribution in [2.24, 2.45) is 0 Å². The van der Waals surface area contributed by atoms with E-state index in [1.807, 2.05) is 6.07 Å². The lowest BCUT2D eigenvalue weighted by molar-refractivity contribution is 0.361. The zero-order valence-corrected chi connectivity index (χ0v) is 38.8. The van der Waals surface area contributed by atoms with Gasteiger partial charge in [0.15, 0.2) is 23.0 Å². The number of hydrogen-bond acceptors (Lipinski definition) is 3. The standard InChI is InChI=1S/C68H45NO2/c1-3-19-44(20-4-1)45-21-17-24-49(43-45)69(48-39-37-47(38-40-48)67(46-22-5-2-6-23-46)55-30-12-7-25-50(55)51-26-8-13-31-56(51)67)61-35-18-36-62-65(61)71-66-63(70-62)42-41-60-64(66)54-29-11-16-34-59(54)68(60)57-32-14-9-27-52(57)53-28-10-15-33-58(53)68/h1-19,21-44H,20H2. The van der Waals surface area contributed by atoms with Gasteiger partial charge in [0.2, 0.25) is 0 Å². The van der Waals surface area contributed by atoms with Crippen LogP contribution >= 0.6 is 0 Å². The Bertz CT molecular complexity index is 3790. The van der Waals surface area contributed by atoms with Crippen LogP contribution in [0.3, 0.4) is 0 Å². The molecular weight excluding hydrogens is 863 g/mol. The quantitative estimate of drug-likeness (QED) is 0.166. The second-order valence-corrected chi connectivity index (χ2v) is 19.4. The van der Waals surface area contributed by atoms with E-state index in [0.29, 0.717) is 17.2 Å². The van der Waals surface area contributed by atoms with E-state index in [-0.39, 0.29) is 5.92 Å². The van der Waals surface area contributed by atoms with Crippen LogP contribution in [0.4, 0.5) is 17.1 Å². The maximum atomic E-state index is 7.53. The van der Waals surface area contributed by atoms with E-state index in [9.17, 15) is 0 Å². The van der Waals surface area contributed by atoms with Gasteiger partial charge in [-0.05, 0) is 127 Å². The molecule has 3 heteroatoms. The van der Waals surface area contributed by atoms with Gasteiger partial charge in [0, 0.05) is 22.9 Å². The van der Waals surface area contributed by atoms with Crippen molar-refractivity contribution >= 4 is 17.1 Å². The normalized spacial score (nSPS) is 16.0. The highest BCUT2D eigenvalue weighted by atomic mass is 16.6. The van der Waals surface area contributed by atoms with Gasteiger partial charge in [-0.1, -0.05) is 212 Å². The molecule has 1 unspecified atom stereocenters. The summed E-state index contributed by atoms with van der Waals surface area (Å²) in [5.74, 6) is 3.06. The monoisotopic (exact) mass is 907 g/mol. The molecule has 334 valence electrons. The Balaban J connectivity index is 0.918. The topological polar surface area (TPSA) is 21.7 Å². The first kappa shape index (κ1) is 40.0. The number of hydrogen-bond donors (Lipinski definition) is 0. The van der Waals surface area contributed by atoms with Gasteiger partial charge in [0.05, 0.1) is 16.5 Å². The van der Waals surface area contributed by atoms with Gasteiger partial charge in [-0.2, -0.15) is 0 Å². The zero-order valence-electron chi connectivity index (χ0n) is 38.8.